The number of nitrogens with zero attached hydrogens (tertiary/aromatic N) is 4. The van der Waals surface area contributed by atoms with Crippen molar-refractivity contribution in [3.8, 4) is 11.5 Å². The van der Waals surface area contributed by atoms with Gasteiger partial charge in [-0.2, -0.15) is 0 Å². The van der Waals surface area contributed by atoms with E-state index in [9.17, 15) is 14.0 Å². The minimum absolute atomic E-state index is 0.0147. The second-order valence-corrected chi connectivity index (χ2v) is 12.4. The molecular weight excluding hydrogens is 598 g/mol. The highest BCUT2D eigenvalue weighted by atomic mass is 19.1. The zero-order valence-electron chi connectivity index (χ0n) is 25.9. The van der Waals surface area contributed by atoms with Crippen LogP contribution < -0.4 is 9.64 Å². The van der Waals surface area contributed by atoms with E-state index in [1.54, 1.807) is 36.7 Å². The summed E-state index contributed by atoms with van der Waals surface area (Å²) in [5.41, 5.74) is 2.09. The molecule has 7 nitrogen and oxygen atoms in total. The van der Waals surface area contributed by atoms with Crippen LogP contribution in [-0.2, 0) is 29.0 Å². The van der Waals surface area contributed by atoms with E-state index in [2.05, 4.69) is 39.0 Å². The Balaban J connectivity index is 0.986. The van der Waals surface area contributed by atoms with Crippen molar-refractivity contribution < 1.29 is 23.1 Å². The fourth-order valence-electron chi connectivity index (χ4n) is 6.25. The van der Waals surface area contributed by atoms with Gasteiger partial charge in [0.2, 0.25) is 0 Å². The van der Waals surface area contributed by atoms with Gasteiger partial charge >= 0.3 is 0 Å². The number of fused-ring (bicyclic) bond motifs is 1. The number of ether oxygens (including phenoxy) is 1. The maximum Gasteiger partial charge on any atom is 0.166 e. The highest BCUT2D eigenvalue weighted by Gasteiger charge is 2.54. The van der Waals surface area contributed by atoms with Crippen molar-refractivity contribution in [2.24, 2.45) is 5.41 Å². The first-order chi connectivity index (χ1) is 22.9. The summed E-state index contributed by atoms with van der Waals surface area (Å²) in [5.74, 6) is -0.116. The number of anilines is 1. The number of hydrogen-bond acceptors (Lipinski definition) is 7. The van der Waals surface area contributed by atoms with Gasteiger partial charge in [-0.15, -0.1) is 0 Å². The molecule has 0 bridgehead atoms. The van der Waals surface area contributed by atoms with Crippen LogP contribution in [0.15, 0.2) is 97.3 Å². The first-order valence-electron chi connectivity index (χ1n) is 15.9. The third-order valence-electron chi connectivity index (χ3n) is 9.19. The van der Waals surface area contributed by atoms with Gasteiger partial charge in [-0.3, -0.25) is 19.5 Å². The van der Waals surface area contributed by atoms with E-state index in [0.29, 0.717) is 40.6 Å². The van der Waals surface area contributed by atoms with Crippen molar-refractivity contribution >= 4 is 28.3 Å². The zero-order chi connectivity index (χ0) is 32.4. The molecule has 0 N–H and O–H groups in total. The lowest BCUT2D eigenvalue weighted by atomic mass is 9.88. The Bertz CT molecular complexity index is 1920. The zero-order valence-corrected chi connectivity index (χ0v) is 25.9. The van der Waals surface area contributed by atoms with Crippen molar-refractivity contribution in [1.82, 2.24) is 14.9 Å². The number of ketones is 2. The Kier molecular flexibility index (Phi) is 8.47. The van der Waals surface area contributed by atoms with Gasteiger partial charge in [0.1, 0.15) is 17.4 Å². The first kappa shape index (κ1) is 30.6. The van der Waals surface area contributed by atoms with Crippen LogP contribution in [0.2, 0.25) is 0 Å². The molecule has 1 aliphatic carbocycles. The lowest BCUT2D eigenvalue weighted by molar-refractivity contribution is -0.133. The summed E-state index contributed by atoms with van der Waals surface area (Å²) in [6, 6.07) is 24.2. The third kappa shape index (κ3) is 6.76. The van der Waals surface area contributed by atoms with E-state index in [0.717, 1.165) is 38.5 Å². The van der Waals surface area contributed by atoms with Crippen molar-refractivity contribution in [3.05, 3.63) is 126 Å². The number of pyridine rings is 2. The van der Waals surface area contributed by atoms with Gasteiger partial charge in [-0.1, -0.05) is 48.5 Å². The second kappa shape index (κ2) is 13.0. The van der Waals surface area contributed by atoms with Crippen LogP contribution in [0, 0.1) is 17.0 Å². The normalized spacial score (nSPS) is 15.8. The van der Waals surface area contributed by atoms with Gasteiger partial charge < -0.3 is 9.64 Å². The monoisotopic (exact) mass is 632 g/mol. The van der Waals surface area contributed by atoms with E-state index < -0.39 is 11.2 Å². The minimum atomic E-state index is -1.04. The molecule has 2 aromatic heterocycles. The lowest BCUT2D eigenvalue weighted by Gasteiger charge is -2.35. The van der Waals surface area contributed by atoms with Crippen LogP contribution >= 0.6 is 0 Å². The van der Waals surface area contributed by atoms with Crippen molar-refractivity contribution in [1.29, 1.82) is 0 Å². The number of halogens is 2. The average Bonchev–Trinajstić information content (AvgIpc) is 3.90. The van der Waals surface area contributed by atoms with Gasteiger partial charge in [-0.05, 0) is 59.9 Å². The highest BCUT2D eigenvalue weighted by molar-refractivity contribution is 6.11. The summed E-state index contributed by atoms with van der Waals surface area (Å²) in [7, 11) is 0. The van der Waals surface area contributed by atoms with Crippen LogP contribution in [0.5, 0.6) is 11.5 Å². The molecule has 238 valence electrons. The van der Waals surface area contributed by atoms with E-state index in [1.807, 2.05) is 12.1 Å². The van der Waals surface area contributed by atoms with Crippen molar-refractivity contribution in [3.63, 3.8) is 0 Å². The van der Waals surface area contributed by atoms with Crippen LogP contribution in [0.3, 0.4) is 0 Å². The van der Waals surface area contributed by atoms with Crippen LogP contribution in [-0.4, -0.2) is 52.6 Å². The quantitative estimate of drug-likeness (QED) is 0.150. The fraction of sp³-hybridized carbons (Fsp3) is 0.263. The number of piperazine rings is 1. The van der Waals surface area contributed by atoms with E-state index in [1.165, 1.54) is 29.8 Å². The van der Waals surface area contributed by atoms with Gasteiger partial charge in [-0.25, -0.2) is 13.8 Å². The molecule has 9 heteroatoms. The van der Waals surface area contributed by atoms with E-state index in [-0.39, 0.29) is 36.0 Å². The van der Waals surface area contributed by atoms with Crippen LogP contribution in [0.25, 0.3) is 10.9 Å². The molecule has 47 heavy (non-hydrogen) atoms. The van der Waals surface area contributed by atoms with Gasteiger partial charge in [0.25, 0.3) is 0 Å². The largest absolute Gasteiger partial charge is 0.453 e. The molecule has 0 atom stereocenters. The summed E-state index contributed by atoms with van der Waals surface area (Å²) >= 11 is 0. The molecule has 3 heterocycles. The second-order valence-electron chi connectivity index (χ2n) is 12.4. The number of carbonyl (C=O) groups excluding carboxylic acids is 2. The molecule has 1 aliphatic heterocycles. The molecular formula is C38H34F2N4O3. The SMILES string of the molecule is O=C(Cc1ccc(F)cc1)C1(C(=O)Cc2ccc(Oc3ccnc4cc(N5CCN(Cc6ccccc6)CC5)ncc34)c(F)c2)CC1. The Labute approximate surface area is 271 Å². The van der Waals surface area contributed by atoms with Gasteiger partial charge in [0.15, 0.2) is 23.1 Å². The highest BCUT2D eigenvalue weighted by Crippen LogP contribution is 2.49. The molecule has 7 rings (SSSR count). The number of Topliss-reactive ketones (excluding diaryl/α,β-unsaturated/α-hetero) is 2. The molecule has 3 aromatic carbocycles. The summed E-state index contributed by atoms with van der Waals surface area (Å²) in [6.07, 6.45) is 4.30. The Hall–Kier alpha value is -5.02. The van der Waals surface area contributed by atoms with E-state index >= 15 is 4.39 Å². The predicted molar refractivity (Wildman–Crippen MR) is 175 cm³/mol. The number of rotatable bonds is 11. The predicted octanol–water partition coefficient (Wildman–Crippen LogP) is 6.73. The van der Waals surface area contributed by atoms with Gasteiger partial charge in [0, 0.05) is 64.0 Å². The minimum Gasteiger partial charge on any atom is -0.453 e. The Morgan fingerprint density at radius 3 is 2.15 bits per heavy atom. The smallest absolute Gasteiger partial charge is 0.166 e. The third-order valence-corrected chi connectivity index (χ3v) is 9.19. The topological polar surface area (TPSA) is 75.6 Å². The Morgan fingerprint density at radius 1 is 0.745 bits per heavy atom. The molecule has 0 spiro atoms. The summed E-state index contributed by atoms with van der Waals surface area (Å²) in [6.45, 7) is 4.49. The fourth-order valence-corrected chi connectivity index (χ4v) is 6.25. The maximum absolute atomic E-state index is 15.3. The summed E-state index contributed by atoms with van der Waals surface area (Å²) in [5, 5.41) is 0.660. The average molecular weight is 633 g/mol. The molecule has 0 radical (unpaired) electrons. The van der Waals surface area contributed by atoms with Crippen molar-refractivity contribution in [2.45, 2.75) is 32.2 Å². The standard InChI is InChI=1S/C38H34F2N4O3/c39-29-9-6-26(7-10-29)21-35(45)38(13-14-38)36(46)22-28-8-11-34(31(40)20-28)47-33-12-15-41-32-23-37(42-24-30(32)33)44-18-16-43(17-19-44)25-27-4-2-1-3-5-27/h1-12,15,20,23-24H,13-14,16-19,21-22,25H2. The number of hydrogen-bond donors (Lipinski definition) is 0. The van der Waals surface area contributed by atoms with Gasteiger partial charge in [0.05, 0.1) is 16.3 Å². The molecule has 1 saturated carbocycles. The lowest BCUT2D eigenvalue weighted by Crippen LogP contribution is -2.46. The Morgan fingerprint density at radius 2 is 1.45 bits per heavy atom. The first-order valence-corrected chi connectivity index (χ1v) is 15.9. The number of aromatic nitrogens is 2. The van der Waals surface area contributed by atoms with E-state index in [4.69, 9.17) is 9.72 Å². The molecule has 2 fully saturated rings. The van der Waals surface area contributed by atoms with Crippen LogP contribution in [0.1, 0.15) is 29.5 Å². The molecule has 2 aliphatic rings. The summed E-state index contributed by atoms with van der Waals surface area (Å²) < 4.78 is 34.5. The number of benzene rings is 3. The summed E-state index contributed by atoms with van der Waals surface area (Å²) in [4.78, 5) is 40.1. The van der Waals surface area contributed by atoms with Crippen LogP contribution in [0.4, 0.5) is 14.6 Å². The molecule has 0 unspecified atom stereocenters. The maximum atomic E-state index is 15.3. The molecule has 1 saturated heterocycles. The number of carbonyl (C=O) groups is 2. The van der Waals surface area contributed by atoms with Crippen molar-refractivity contribution in [2.75, 3.05) is 31.1 Å². The molecule has 0 amide bonds. The molecule has 5 aromatic rings.